The highest BCUT2D eigenvalue weighted by Crippen LogP contribution is 2.41. The lowest BCUT2D eigenvalue weighted by molar-refractivity contribution is 0.0999. The van der Waals surface area contributed by atoms with Crippen molar-refractivity contribution < 1.29 is 23.4 Å². The lowest BCUT2D eigenvalue weighted by Crippen LogP contribution is -2.30. The van der Waals surface area contributed by atoms with E-state index in [4.69, 9.17) is 4.62 Å². The Morgan fingerprint density at radius 2 is 1.86 bits per heavy atom. The van der Waals surface area contributed by atoms with Gasteiger partial charge in [-0.3, -0.25) is 33.2 Å². The van der Waals surface area contributed by atoms with Crippen molar-refractivity contribution in [2.24, 2.45) is 0 Å². The van der Waals surface area contributed by atoms with Crippen LogP contribution in [0, 0.1) is 6.92 Å². The number of hydrogen-bond acceptors (Lipinski definition) is 10. The molecule has 2 N–H and O–H groups in total. The van der Waals surface area contributed by atoms with Crippen molar-refractivity contribution in [1.82, 2.24) is 24.6 Å². The van der Waals surface area contributed by atoms with E-state index in [1.165, 1.54) is 17.4 Å². The van der Waals surface area contributed by atoms with E-state index in [1.807, 2.05) is 30.8 Å². The number of amides is 1. The number of phosphoric ester groups is 1. The summed E-state index contributed by atoms with van der Waals surface area (Å²) in [5.74, 6) is 0.365. The molecule has 3 aromatic heterocycles. The molecular formula is C29H34N7O6PS. The first-order valence-corrected chi connectivity index (χ1v) is 16.4. The van der Waals surface area contributed by atoms with E-state index < -0.39 is 13.4 Å². The minimum absolute atomic E-state index is 0.0221. The summed E-state index contributed by atoms with van der Waals surface area (Å²) >= 11 is 1.53. The fourth-order valence-corrected chi connectivity index (χ4v) is 6.88. The first-order chi connectivity index (χ1) is 20.7. The number of aromatic nitrogens is 4. The summed E-state index contributed by atoms with van der Waals surface area (Å²) in [5, 5.41) is 11.9. The molecule has 0 bridgehead atoms. The van der Waals surface area contributed by atoms with Crippen LogP contribution in [-0.4, -0.2) is 56.1 Å². The number of fused-ring (bicyclic) bond motifs is 2. The van der Waals surface area contributed by atoms with E-state index in [0.29, 0.717) is 41.5 Å². The zero-order valence-corrected chi connectivity index (χ0v) is 27.0. The highest BCUT2D eigenvalue weighted by atomic mass is 32.1. The van der Waals surface area contributed by atoms with Crippen LogP contribution in [-0.2, 0) is 34.1 Å². The molecule has 2 aliphatic rings. The van der Waals surface area contributed by atoms with Crippen molar-refractivity contribution in [3.05, 3.63) is 73.3 Å². The van der Waals surface area contributed by atoms with Crippen LogP contribution in [0.4, 0.5) is 17.2 Å². The van der Waals surface area contributed by atoms with Crippen LogP contribution < -0.4 is 20.4 Å². The molecular weight excluding hydrogens is 605 g/mol. The Morgan fingerprint density at radius 1 is 1.09 bits per heavy atom. The van der Waals surface area contributed by atoms with Gasteiger partial charge in [0.05, 0.1) is 29.4 Å². The first-order valence-electron chi connectivity index (χ1n) is 14.0. The van der Waals surface area contributed by atoms with Gasteiger partial charge in [-0.25, -0.2) is 4.57 Å². The second-order valence-corrected chi connectivity index (χ2v) is 14.5. The minimum Gasteiger partial charge on any atom is -0.334 e. The normalized spacial score (nSPS) is 16.5. The SMILES string of the molecule is COP(=O)(O)On1nc(-c2cccc(N3Cc4cc(C(C)(C)C)sc4C3=O)c2C)cc(Nc2cc3n(n2)CCN(C)C3)c1=O. The fourth-order valence-electron chi connectivity index (χ4n) is 5.33. The van der Waals surface area contributed by atoms with E-state index in [0.717, 1.165) is 40.2 Å². The summed E-state index contributed by atoms with van der Waals surface area (Å²) in [6.07, 6.45) is 0. The lowest BCUT2D eigenvalue weighted by Gasteiger charge is -2.22. The number of rotatable bonds is 7. The number of nitrogens with one attached hydrogen (secondary N) is 1. The number of likely N-dealkylation sites (N-methyl/N-ethyl adjacent to an activating group) is 1. The van der Waals surface area contributed by atoms with Crippen molar-refractivity contribution in [1.29, 1.82) is 0 Å². The van der Waals surface area contributed by atoms with Crippen LogP contribution in [0.15, 0.2) is 41.2 Å². The molecule has 44 heavy (non-hydrogen) atoms. The molecule has 6 rings (SSSR count). The predicted molar refractivity (Wildman–Crippen MR) is 167 cm³/mol. The van der Waals surface area contributed by atoms with Gasteiger partial charge in [-0.2, -0.15) is 5.10 Å². The maximum absolute atomic E-state index is 13.5. The van der Waals surface area contributed by atoms with Gasteiger partial charge in [-0.1, -0.05) is 32.9 Å². The van der Waals surface area contributed by atoms with Crippen molar-refractivity contribution in [3.63, 3.8) is 0 Å². The third kappa shape index (κ3) is 5.59. The zero-order chi connectivity index (χ0) is 31.6. The topological polar surface area (TPSA) is 144 Å². The number of carbonyl (C=O) groups is 1. The van der Waals surface area contributed by atoms with Gasteiger partial charge in [0.15, 0.2) is 5.82 Å². The summed E-state index contributed by atoms with van der Waals surface area (Å²) in [5.41, 5.74) is 3.42. The number of hydrogen-bond donors (Lipinski definition) is 2. The molecule has 232 valence electrons. The zero-order valence-electron chi connectivity index (χ0n) is 25.3. The Morgan fingerprint density at radius 3 is 2.57 bits per heavy atom. The average Bonchev–Trinajstić information content (AvgIpc) is 3.64. The first kappa shape index (κ1) is 30.2. The molecule has 15 heteroatoms. The van der Waals surface area contributed by atoms with Crippen molar-refractivity contribution in [2.75, 3.05) is 30.9 Å². The Hall–Kier alpha value is -3.81. The summed E-state index contributed by atoms with van der Waals surface area (Å²) in [6.45, 7) is 10.9. The highest BCUT2D eigenvalue weighted by molar-refractivity contribution is 7.47. The Bertz CT molecular complexity index is 1890. The number of carbonyl (C=O) groups excluding carboxylic acids is 1. The van der Waals surface area contributed by atoms with Gasteiger partial charge in [-0.15, -0.1) is 16.4 Å². The van der Waals surface area contributed by atoms with Crippen LogP contribution in [0.5, 0.6) is 0 Å². The van der Waals surface area contributed by atoms with Crippen molar-refractivity contribution in [2.45, 2.75) is 52.7 Å². The van der Waals surface area contributed by atoms with E-state index in [9.17, 15) is 19.0 Å². The quantitative estimate of drug-likeness (QED) is 0.281. The van der Waals surface area contributed by atoms with Crippen LogP contribution in [0.2, 0.25) is 0 Å². The van der Waals surface area contributed by atoms with Crippen LogP contribution in [0.1, 0.15) is 52.1 Å². The molecule has 1 atom stereocenters. The van der Waals surface area contributed by atoms with E-state index in [1.54, 1.807) is 17.0 Å². The second-order valence-electron chi connectivity index (χ2n) is 12.0. The predicted octanol–water partition coefficient (Wildman–Crippen LogP) is 4.30. The van der Waals surface area contributed by atoms with Gasteiger partial charge in [0.1, 0.15) is 5.69 Å². The Kier molecular flexibility index (Phi) is 7.53. The molecule has 5 heterocycles. The largest absolute Gasteiger partial charge is 0.547 e. The van der Waals surface area contributed by atoms with Gasteiger partial charge in [0, 0.05) is 42.4 Å². The second kappa shape index (κ2) is 11.0. The van der Waals surface area contributed by atoms with Gasteiger partial charge in [0.25, 0.3) is 5.91 Å². The van der Waals surface area contributed by atoms with Crippen LogP contribution in [0.25, 0.3) is 11.3 Å². The smallest absolute Gasteiger partial charge is 0.334 e. The van der Waals surface area contributed by atoms with Crippen LogP contribution in [0.3, 0.4) is 0 Å². The standard InChI is InChI=1S/C29H34N7O6PS/c1-17-20(8-7-9-23(17)34-15-18-12-24(29(2,3)4)44-26(18)28(34)38)21-14-22(27(37)36(31-21)42-43(39,40)41-6)30-25-13-19-16-33(5)10-11-35(19)32-25/h7-9,12-14H,10-11,15-16H2,1-6H3,(H,30,32)(H,39,40). The van der Waals surface area contributed by atoms with E-state index in [-0.39, 0.29) is 22.7 Å². The third-order valence-corrected chi connectivity index (χ3v) is 10.1. The molecule has 4 aromatic rings. The molecule has 1 amide bonds. The summed E-state index contributed by atoms with van der Waals surface area (Å²) in [7, 11) is -1.63. The number of benzene rings is 1. The molecule has 0 spiro atoms. The van der Waals surface area contributed by atoms with Crippen molar-refractivity contribution >= 4 is 42.3 Å². The molecule has 13 nitrogen and oxygen atoms in total. The highest BCUT2D eigenvalue weighted by Gasteiger charge is 2.34. The lowest BCUT2D eigenvalue weighted by atomic mass is 9.94. The summed E-state index contributed by atoms with van der Waals surface area (Å²) in [4.78, 5) is 43.2. The van der Waals surface area contributed by atoms with Crippen LogP contribution >= 0.6 is 19.2 Å². The number of thiophene rings is 1. The molecule has 2 aliphatic heterocycles. The third-order valence-electron chi connectivity index (χ3n) is 7.73. The number of nitrogens with zero attached hydrogens (tertiary/aromatic N) is 6. The molecule has 0 saturated carbocycles. The van der Waals surface area contributed by atoms with Gasteiger partial charge >= 0.3 is 13.4 Å². The molecule has 0 radical (unpaired) electrons. The monoisotopic (exact) mass is 639 g/mol. The summed E-state index contributed by atoms with van der Waals surface area (Å²) < 4.78 is 23.8. The Balaban J connectivity index is 1.39. The van der Waals surface area contributed by atoms with Gasteiger partial charge in [-0.05, 0) is 53.6 Å². The Labute approximate surface area is 258 Å². The molecule has 0 fully saturated rings. The molecule has 0 saturated heterocycles. The number of anilines is 3. The molecule has 1 aromatic carbocycles. The maximum Gasteiger partial charge on any atom is 0.547 e. The number of phosphoric acid groups is 1. The minimum atomic E-state index is -4.64. The van der Waals surface area contributed by atoms with E-state index in [2.05, 4.69) is 51.8 Å². The van der Waals surface area contributed by atoms with Gasteiger partial charge in [0.2, 0.25) is 0 Å². The average molecular weight is 640 g/mol. The summed E-state index contributed by atoms with van der Waals surface area (Å²) in [6, 6.07) is 11.0. The van der Waals surface area contributed by atoms with Gasteiger partial charge < -0.3 is 10.2 Å². The van der Waals surface area contributed by atoms with Crippen molar-refractivity contribution in [3.8, 4) is 11.3 Å². The fraction of sp³-hybridized carbons (Fsp3) is 0.379. The molecule has 0 aliphatic carbocycles. The van der Waals surface area contributed by atoms with E-state index >= 15 is 0 Å². The maximum atomic E-state index is 13.5. The molecule has 1 unspecified atom stereocenters.